The Hall–Kier alpha value is -2.17. The van der Waals surface area contributed by atoms with Crippen LogP contribution in [0.25, 0.3) is 0 Å². The first-order valence-corrected chi connectivity index (χ1v) is 8.68. The Balaban J connectivity index is 2.73. The highest BCUT2D eigenvalue weighted by Crippen LogP contribution is 2.19. The van der Waals surface area contributed by atoms with Crippen molar-refractivity contribution in [2.45, 2.75) is 59.0 Å². The Morgan fingerprint density at radius 2 is 1.68 bits per heavy atom. The second-order valence-corrected chi connectivity index (χ2v) is 6.90. The van der Waals surface area contributed by atoms with E-state index in [-0.39, 0.29) is 24.6 Å². The van der Waals surface area contributed by atoms with Crippen molar-refractivity contribution in [2.75, 3.05) is 6.61 Å². The van der Waals surface area contributed by atoms with Gasteiger partial charge in [-0.15, -0.1) is 0 Å². The van der Waals surface area contributed by atoms with E-state index in [1.165, 1.54) is 0 Å². The molecule has 0 spiro atoms. The van der Waals surface area contributed by atoms with Gasteiger partial charge in [0.05, 0.1) is 6.61 Å². The average molecular weight is 348 g/mol. The van der Waals surface area contributed by atoms with Gasteiger partial charge in [-0.1, -0.05) is 30.3 Å². The molecular weight excluding hydrogens is 320 g/mol. The SMILES string of the molecule is CCOC(=O)CCCC(=O)[C@H](Cc1ccccc1)C(=O)OC(C)(C)C. The van der Waals surface area contributed by atoms with E-state index in [1.807, 2.05) is 30.3 Å². The summed E-state index contributed by atoms with van der Waals surface area (Å²) < 4.78 is 10.3. The zero-order chi connectivity index (χ0) is 18.9. The van der Waals surface area contributed by atoms with Crippen molar-refractivity contribution in [3.8, 4) is 0 Å². The molecule has 0 saturated heterocycles. The number of esters is 2. The van der Waals surface area contributed by atoms with E-state index in [0.717, 1.165) is 5.56 Å². The van der Waals surface area contributed by atoms with Gasteiger partial charge in [-0.05, 0) is 46.1 Å². The number of carbonyl (C=O) groups is 3. The predicted octanol–water partition coefficient (Wildman–Crippen LogP) is 3.49. The van der Waals surface area contributed by atoms with Gasteiger partial charge in [-0.3, -0.25) is 14.4 Å². The molecule has 0 unspecified atom stereocenters. The molecule has 0 aliphatic heterocycles. The molecule has 0 amide bonds. The maximum absolute atomic E-state index is 12.6. The predicted molar refractivity (Wildman–Crippen MR) is 95.0 cm³/mol. The summed E-state index contributed by atoms with van der Waals surface area (Å²) in [4.78, 5) is 36.4. The quantitative estimate of drug-likeness (QED) is 0.505. The van der Waals surface area contributed by atoms with Crippen LogP contribution in [0, 0.1) is 5.92 Å². The summed E-state index contributed by atoms with van der Waals surface area (Å²) in [5.74, 6) is -1.91. The van der Waals surface area contributed by atoms with Crippen molar-refractivity contribution in [1.82, 2.24) is 0 Å². The Kier molecular flexibility index (Phi) is 8.32. The van der Waals surface area contributed by atoms with Crippen LogP contribution >= 0.6 is 0 Å². The van der Waals surface area contributed by atoms with Crippen LogP contribution in [0.3, 0.4) is 0 Å². The zero-order valence-electron chi connectivity index (χ0n) is 15.5. The number of benzene rings is 1. The molecule has 0 aliphatic carbocycles. The topological polar surface area (TPSA) is 69.7 Å². The molecule has 138 valence electrons. The van der Waals surface area contributed by atoms with Gasteiger partial charge >= 0.3 is 11.9 Å². The standard InChI is InChI=1S/C20H28O5/c1-5-24-18(22)13-9-12-17(21)16(19(23)25-20(2,3)4)14-15-10-7-6-8-11-15/h6-8,10-11,16H,5,9,12-14H2,1-4H3/t16-/m0/s1. The van der Waals surface area contributed by atoms with Gasteiger partial charge < -0.3 is 9.47 Å². The van der Waals surface area contributed by atoms with Gasteiger partial charge in [0.25, 0.3) is 0 Å². The normalized spacial score (nSPS) is 12.3. The minimum Gasteiger partial charge on any atom is -0.466 e. The van der Waals surface area contributed by atoms with Crippen molar-refractivity contribution in [2.24, 2.45) is 5.92 Å². The molecule has 0 N–H and O–H groups in total. The van der Waals surface area contributed by atoms with E-state index in [9.17, 15) is 14.4 Å². The number of ketones is 1. The second kappa shape index (κ2) is 9.97. The van der Waals surface area contributed by atoms with E-state index in [0.29, 0.717) is 19.4 Å². The maximum atomic E-state index is 12.6. The Bertz CT molecular complexity index is 571. The highest BCUT2D eigenvalue weighted by atomic mass is 16.6. The van der Waals surface area contributed by atoms with Gasteiger partial charge in [0.15, 0.2) is 0 Å². The van der Waals surface area contributed by atoms with Gasteiger partial charge in [-0.25, -0.2) is 0 Å². The minimum atomic E-state index is -0.858. The fourth-order valence-corrected chi connectivity index (χ4v) is 2.37. The van der Waals surface area contributed by atoms with Crippen LogP contribution in [0.5, 0.6) is 0 Å². The molecule has 0 aromatic heterocycles. The Morgan fingerprint density at radius 1 is 1.04 bits per heavy atom. The van der Waals surface area contributed by atoms with Crippen molar-refractivity contribution >= 4 is 17.7 Å². The monoisotopic (exact) mass is 348 g/mol. The first kappa shape index (κ1) is 20.9. The smallest absolute Gasteiger partial charge is 0.317 e. The molecule has 0 saturated carbocycles. The summed E-state index contributed by atoms with van der Waals surface area (Å²) in [5.41, 5.74) is 0.245. The summed E-state index contributed by atoms with van der Waals surface area (Å²) in [6.45, 7) is 7.38. The molecule has 0 fully saturated rings. The number of rotatable bonds is 9. The maximum Gasteiger partial charge on any atom is 0.317 e. The fraction of sp³-hybridized carbons (Fsp3) is 0.550. The molecule has 25 heavy (non-hydrogen) atoms. The third kappa shape index (κ3) is 8.47. The lowest BCUT2D eigenvalue weighted by Gasteiger charge is -2.23. The van der Waals surface area contributed by atoms with E-state index < -0.39 is 17.5 Å². The number of Topliss-reactive ketones (excluding diaryl/α,β-unsaturated/α-hetero) is 1. The summed E-state index contributed by atoms with van der Waals surface area (Å²) in [6.07, 6.45) is 0.987. The van der Waals surface area contributed by atoms with Crippen LogP contribution in [0.1, 0.15) is 52.5 Å². The van der Waals surface area contributed by atoms with Crippen LogP contribution in [0.15, 0.2) is 30.3 Å². The Labute approximate surface area is 149 Å². The molecule has 0 radical (unpaired) electrons. The van der Waals surface area contributed by atoms with Gasteiger partial charge in [0.1, 0.15) is 17.3 Å². The summed E-state index contributed by atoms with van der Waals surface area (Å²) in [6, 6.07) is 9.37. The zero-order valence-corrected chi connectivity index (χ0v) is 15.5. The third-order valence-electron chi connectivity index (χ3n) is 3.47. The van der Waals surface area contributed by atoms with Crippen LogP contribution in [0.2, 0.25) is 0 Å². The number of hydrogen-bond acceptors (Lipinski definition) is 5. The lowest BCUT2D eigenvalue weighted by atomic mass is 9.92. The second-order valence-electron chi connectivity index (χ2n) is 6.90. The van der Waals surface area contributed by atoms with Crippen molar-refractivity contribution in [3.63, 3.8) is 0 Å². The summed E-state index contributed by atoms with van der Waals surface area (Å²) in [5, 5.41) is 0. The van der Waals surface area contributed by atoms with E-state index in [2.05, 4.69) is 0 Å². The van der Waals surface area contributed by atoms with Crippen LogP contribution in [0.4, 0.5) is 0 Å². The number of hydrogen-bond donors (Lipinski definition) is 0. The van der Waals surface area contributed by atoms with Gasteiger partial charge in [-0.2, -0.15) is 0 Å². The highest BCUT2D eigenvalue weighted by molar-refractivity contribution is 5.99. The molecular formula is C20H28O5. The molecule has 0 bridgehead atoms. The molecule has 1 rings (SSSR count). The molecule has 1 atom stereocenters. The fourth-order valence-electron chi connectivity index (χ4n) is 2.37. The molecule has 0 heterocycles. The molecule has 1 aromatic carbocycles. The van der Waals surface area contributed by atoms with E-state index in [1.54, 1.807) is 27.7 Å². The number of carbonyl (C=O) groups excluding carboxylic acids is 3. The lowest BCUT2D eigenvalue weighted by molar-refractivity contribution is -0.162. The molecule has 0 aliphatic rings. The van der Waals surface area contributed by atoms with Crippen LogP contribution < -0.4 is 0 Å². The summed E-state index contributed by atoms with van der Waals surface area (Å²) in [7, 11) is 0. The summed E-state index contributed by atoms with van der Waals surface area (Å²) >= 11 is 0. The highest BCUT2D eigenvalue weighted by Gasteiger charge is 2.31. The third-order valence-corrected chi connectivity index (χ3v) is 3.47. The van der Waals surface area contributed by atoms with Gasteiger partial charge in [0.2, 0.25) is 0 Å². The first-order chi connectivity index (χ1) is 11.7. The average Bonchev–Trinajstić information content (AvgIpc) is 2.52. The lowest BCUT2D eigenvalue weighted by Crippen LogP contribution is -2.34. The van der Waals surface area contributed by atoms with Crippen molar-refractivity contribution in [3.05, 3.63) is 35.9 Å². The van der Waals surface area contributed by atoms with Crippen LogP contribution in [-0.2, 0) is 30.3 Å². The minimum absolute atomic E-state index is 0.148. The molecule has 1 aromatic rings. The van der Waals surface area contributed by atoms with Crippen molar-refractivity contribution < 1.29 is 23.9 Å². The largest absolute Gasteiger partial charge is 0.466 e. The van der Waals surface area contributed by atoms with Crippen LogP contribution in [-0.4, -0.2) is 29.9 Å². The van der Waals surface area contributed by atoms with E-state index >= 15 is 0 Å². The molecule has 5 nitrogen and oxygen atoms in total. The van der Waals surface area contributed by atoms with E-state index in [4.69, 9.17) is 9.47 Å². The molecule has 5 heteroatoms. The first-order valence-electron chi connectivity index (χ1n) is 8.68. The number of ether oxygens (including phenoxy) is 2. The van der Waals surface area contributed by atoms with Crippen molar-refractivity contribution in [1.29, 1.82) is 0 Å². The van der Waals surface area contributed by atoms with Gasteiger partial charge in [0, 0.05) is 12.8 Å². The Morgan fingerprint density at radius 3 is 2.24 bits per heavy atom.